The van der Waals surface area contributed by atoms with Crippen molar-refractivity contribution in [3.05, 3.63) is 70.0 Å². The van der Waals surface area contributed by atoms with Crippen molar-refractivity contribution in [2.45, 2.75) is 19.8 Å². The monoisotopic (exact) mass is 448 g/mol. The number of aromatic carboxylic acids is 1. The summed E-state index contributed by atoms with van der Waals surface area (Å²) >= 11 is 1.11. The van der Waals surface area contributed by atoms with E-state index >= 15 is 0 Å². The number of carboxylic acid groups (broad SMARTS) is 1. The molecular formula is C22H20N6O3S. The number of fused-ring (bicyclic) bond motifs is 1. The van der Waals surface area contributed by atoms with Gasteiger partial charge in [0.25, 0.3) is 0 Å². The quantitative estimate of drug-likeness (QED) is 0.479. The van der Waals surface area contributed by atoms with Gasteiger partial charge in [-0.05, 0) is 48.9 Å². The van der Waals surface area contributed by atoms with E-state index < -0.39 is 11.4 Å². The van der Waals surface area contributed by atoms with Crippen molar-refractivity contribution in [1.29, 1.82) is 0 Å². The summed E-state index contributed by atoms with van der Waals surface area (Å²) in [5.41, 5.74) is 1.47. The summed E-state index contributed by atoms with van der Waals surface area (Å²) < 4.78 is 5.56. The maximum absolute atomic E-state index is 12.9. The Kier molecular flexibility index (Phi) is 5.14. The van der Waals surface area contributed by atoms with Gasteiger partial charge >= 0.3 is 5.97 Å². The van der Waals surface area contributed by atoms with Crippen LogP contribution in [0.25, 0.3) is 16.2 Å². The van der Waals surface area contributed by atoms with E-state index in [4.69, 9.17) is 4.98 Å². The van der Waals surface area contributed by atoms with Crippen molar-refractivity contribution in [2.24, 2.45) is 5.92 Å². The van der Waals surface area contributed by atoms with Gasteiger partial charge in [0.1, 0.15) is 17.7 Å². The van der Waals surface area contributed by atoms with Gasteiger partial charge in [0.2, 0.25) is 10.6 Å². The number of hydrogen-bond donors (Lipinski definition) is 1. The highest BCUT2D eigenvalue weighted by atomic mass is 32.1. The molecule has 0 radical (unpaired) electrons. The Morgan fingerprint density at radius 2 is 2.19 bits per heavy atom. The zero-order valence-electron chi connectivity index (χ0n) is 17.3. The van der Waals surface area contributed by atoms with Gasteiger partial charge in [0, 0.05) is 43.2 Å². The van der Waals surface area contributed by atoms with Gasteiger partial charge in [-0.15, -0.1) is 0 Å². The van der Waals surface area contributed by atoms with Crippen LogP contribution in [0.3, 0.4) is 0 Å². The molecule has 5 rings (SSSR count). The Morgan fingerprint density at radius 1 is 1.34 bits per heavy atom. The molecule has 10 heteroatoms. The van der Waals surface area contributed by atoms with E-state index in [0.717, 1.165) is 43.3 Å². The number of hydrogen-bond acceptors (Lipinski definition) is 8. The van der Waals surface area contributed by atoms with Crippen molar-refractivity contribution < 1.29 is 9.90 Å². The lowest BCUT2D eigenvalue weighted by Crippen LogP contribution is -2.47. The maximum Gasteiger partial charge on any atom is 0.341 e. The standard InChI is InChI=1S/C22H20N6O3S/c1-13-7-17(27-9-15(10-27)5-4-14-3-2-6-23-8-14)26-20-18(13)19(29)16(21(30)31)11-28(20)22-24-12-25-32-22/h2-3,6-8,11-12,15H,4-5,9-10H2,1H3,(H,30,31). The molecule has 32 heavy (non-hydrogen) atoms. The van der Waals surface area contributed by atoms with E-state index in [2.05, 4.69) is 25.3 Å². The van der Waals surface area contributed by atoms with Crippen molar-refractivity contribution in [1.82, 2.24) is 23.9 Å². The summed E-state index contributed by atoms with van der Waals surface area (Å²) in [5, 5.41) is 10.3. The number of aromatic nitrogens is 5. The average molecular weight is 449 g/mol. The van der Waals surface area contributed by atoms with E-state index in [-0.39, 0.29) is 10.9 Å². The van der Waals surface area contributed by atoms with Crippen LogP contribution in [0.4, 0.5) is 5.82 Å². The van der Waals surface area contributed by atoms with Gasteiger partial charge < -0.3 is 10.0 Å². The zero-order chi connectivity index (χ0) is 22.2. The van der Waals surface area contributed by atoms with Gasteiger partial charge in [-0.25, -0.2) is 14.8 Å². The largest absolute Gasteiger partial charge is 0.477 e. The van der Waals surface area contributed by atoms with Crippen LogP contribution in [-0.2, 0) is 6.42 Å². The third-order valence-corrected chi connectivity index (χ3v) is 6.44. The Morgan fingerprint density at radius 3 is 2.88 bits per heavy atom. The predicted octanol–water partition coefficient (Wildman–Crippen LogP) is 2.71. The van der Waals surface area contributed by atoms with Crippen LogP contribution in [0.15, 0.2) is 47.9 Å². The maximum atomic E-state index is 12.9. The third-order valence-electron chi connectivity index (χ3n) is 5.77. The number of pyridine rings is 3. The fourth-order valence-electron chi connectivity index (χ4n) is 4.07. The summed E-state index contributed by atoms with van der Waals surface area (Å²) in [5.74, 6) is 0.0546. The first-order chi connectivity index (χ1) is 15.5. The lowest BCUT2D eigenvalue weighted by Gasteiger charge is -2.40. The molecule has 0 aromatic carbocycles. The van der Waals surface area contributed by atoms with Gasteiger partial charge in [-0.2, -0.15) is 4.37 Å². The van der Waals surface area contributed by atoms with Crippen LogP contribution < -0.4 is 10.3 Å². The number of aryl methyl sites for hydroxylation is 2. The molecule has 0 spiro atoms. The molecule has 0 aliphatic carbocycles. The smallest absolute Gasteiger partial charge is 0.341 e. The van der Waals surface area contributed by atoms with Gasteiger partial charge in [0.15, 0.2) is 5.65 Å². The van der Waals surface area contributed by atoms with E-state index in [1.54, 1.807) is 10.8 Å². The average Bonchev–Trinajstić information content (AvgIpc) is 3.27. The molecule has 4 aromatic heterocycles. The molecule has 0 unspecified atom stereocenters. The molecular weight excluding hydrogens is 428 g/mol. The fraction of sp³-hybridized carbons (Fsp3) is 0.273. The molecule has 1 N–H and O–H groups in total. The second-order valence-electron chi connectivity index (χ2n) is 7.94. The minimum atomic E-state index is -1.28. The summed E-state index contributed by atoms with van der Waals surface area (Å²) in [4.78, 5) is 39.8. The summed E-state index contributed by atoms with van der Waals surface area (Å²) in [6, 6.07) is 5.91. The highest BCUT2D eigenvalue weighted by Gasteiger charge is 2.29. The number of anilines is 1. The Bertz CT molecular complexity index is 1350. The molecule has 0 amide bonds. The first kappa shape index (κ1) is 20.3. The van der Waals surface area contributed by atoms with E-state index in [0.29, 0.717) is 22.3 Å². The molecule has 0 atom stereocenters. The highest BCUT2D eigenvalue weighted by molar-refractivity contribution is 7.08. The van der Waals surface area contributed by atoms with Crippen molar-refractivity contribution in [2.75, 3.05) is 18.0 Å². The topological polar surface area (TPSA) is 114 Å². The van der Waals surface area contributed by atoms with Crippen LogP contribution in [-0.4, -0.2) is 48.1 Å². The van der Waals surface area contributed by atoms with Crippen LogP contribution in [0.2, 0.25) is 0 Å². The molecule has 9 nitrogen and oxygen atoms in total. The fourth-order valence-corrected chi connectivity index (χ4v) is 4.58. The van der Waals surface area contributed by atoms with Gasteiger partial charge in [-0.1, -0.05) is 6.07 Å². The first-order valence-electron chi connectivity index (χ1n) is 10.2. The Labute approximate surface area is 187 Å². The van der Waals surface area contributed by atoms with Crippen molar-refractivity contribution >= 4 is 34.4 Å². The molecule has 1 aliphatic heterocycles. The zero-order valence-corrected chi connectivity index (χ0v) is 18.1. The molecule has 4 aromatic rings. The SMILES string of the molecule is Cc1cc(N2CC(CCc3cccnc3)C2)nc2c1c(=O)c(C(=O)O)cn2-c1ncns1. The lowest BCUT2D eigenvalue weighted by atomic mass is 9.93. The predicted molar refractivity (Wildman–Crippen MR) is 121 cm³/mol. The number of rotatable bonds is 6. The van der Waals surface area contributed by atoms with Crippen molar-refractivity contribution in [3.8, 4) is 5.13 Å². The summed E-state index contributed by atoms with van der Waals surface area (Å²) in [7, 11) is 0. The minimum absolute atomic E-state index is 0.289. The van der Waals surface area contributed by atoms with Crippen LogP contribution in [0, 0.1) is 12.8 Å². The lowest BCUT2D eigenvalue weighted by molar-refractivity contribution is 0.0695. The molecule has 1 saturated heterocycles. The molecule has 0 bridgehead atoms. The third kappa shape index (κ3) is 3.62. The summed E-state index contributed by atoms with van der Waals surface area (Å²) in [6.45, 7) is 3.58. The first-order valence-corrected chi connectivity index (χ1v) is 11.0. The van der Waals surface area contributed by atoms with Gasteiger partial charge in [-0.3, -0.25) is 14.3 Å². The minimum Gasteiger partial charge on any atom is -0.477 e. The van der Waals surface area contributed by atoms with E-state index in [1.807, 2.05) is 25.3 Å². The summed E-state index contributed by atoms with van der Waals surface area (Å²) in [6.07, 6.45) is 8.43. The second kappa shape index (κ2) is 8.12. The van der Waals surface area contributed by atoms with Gasteiger partial charge in [0.05, 0.1) is 5.39 Å². The molecule has 0 saturated carbocycles. The number of nitrogens with zero attached hydrogens (tertiary/aromatic N) is 6. The Hall–Kier alpha value is -3.66. The number of carboxylic acids is 1. The molecule has 1 fully saturated rings. The molecule has 5 heterocycles. The normalized spacial score (nSPS) is 14.0. The number of carbonyl (C=O) groups is 1. The second-order valence-corrected chi connectivity index (χ2v) is 8.70. The molecule has 162 valence electrons. The van der Waals surface area contributed by atoms with Crippen LogP contribution in [0.1, 0.15) is 27.9 Å². The van der Waals surface area contributed by atoms with E-state index in [1.165, 1.54) is 18.1 Å². The van der Waals surface area contributed by atoms with E-state index in [9.17, 15) is 14.7 Å². The van der Waals surface area contributed by atoms with Crippen LogP contribution in [0.5, 0.6) is 0 Å². The Balaban J connectivity index is 1.46. The highest BCUT2D eigenvalue weighted by Crippen LogP contribution is 2.29. The van der Waals surface area contributed by atoms with Crippen molar-refractivity contribution in [3.63, 3.8) is 0 Å². The molecule has 1 aliphatic rings. The van der Waals surface area contributed by atoms with Crippen LogP contribution >= 0.6 is 11.5 Å².